The Morgan fingerprint density at radius 2 is 1.09 bits per heavy atom. The van der Waals surface area contributed by atoms with Crippen LogP contribution in [-0.4, -0.2) is 97.7 Å². The summed E-state index contributed by atoms with van der Waals surface area (Å²) in [6, 6.07) is 30.7. The molecule has 2 aliphatic rings. The molecule has 4 aromatic carbocycles. The van der Waals surface area contributed by atoms with Gasteiger partial charge in [0.25, 0.3) is 0 Å². The average molecular weight is 793 g/mol. The molecule has 2 atom stereocenters. The van der Waals surface area contributed by atoms with E-state index in [1.165, 1.54) is 42.6 Å². The standard InChI is InChI=1S/C24H30N2O2S.C22H26N2O2S/c1-17-8-9-23-19(16-17)18(2)24(29-23)21(27)10-11-25-12-14-26(15-13-25)20-6-4-5-7-22(20)28-3;1-16-17-6-2-5-9-21(17)27-22(16)20(26)10-11-23-12-14-24(15-13-23)18-7-3-4-8-19(18)25/h4-9,16,21,27H,10-15H2,1-3H3;2-9,20,25-26H,10-15H2,1H3. The van der Waals surface area contributed by atoms with Crippen LogP contribution >= 0.6 is 22.7 Å². The Bertz CT molecular complexity index is 2200. The van der Waals surface area contributed by atoms with Crippen molar-refractivity contribution in [3.63, 3.8) is 0 Å². The Hall–Kier alpha value is -4.16. The topological polar surface area (TPSA) is 82.9 Å². The summed E-state index contributed by atoms with van der Waals surface area (Å²) < 4.78 is 8.03. The number of phenols is 1. The molecule has 0 spiro atoms. The van der Waals surface area contributed by atoms with E-state index in [0.29, 0.717) is 5.75 Å². The van der Waals surface area contributed by atoms with Crippen molar-refractivity contribution in [1.29, 1.82) is 0 Å². The van der Waals surface area contributed by atoms with Gasteiger partial charge in [-0.3, -0.25) is 9.80 Å². The number of thiophene rings is 2. The third kappa shape index (κ3) is 9.17. The van der Waals surface area contributed by atoms with Crippen LogP contribution in [-0.2, 0) is 0 Å². The van der Waals surface area contributed by atoms with Crippen LogP contribution in [0.15, 0.2) is 91.0 Å². The van der Waals surface area contributed by atoms with Gasteiger partial charge in [-0.15, -0.1) is 22.7 Å². The Morgan fingerprint density at radius 1 is 0.589 bits per heavy atom. The van der Waals surface area contributed by atoms with Gasteiger partial charge in [-0.25, -0.2) is 0 Å². The first kappa shape index (κ1) is 40.1. The fourth-order valence-electron chi connectivity index (χ4n) is 8.10. The number of hydrogen-bond donors (Lipinski definition) is 3. The molecule has 10 heteroatoms. The van der Waals surface area contributed by atoms with E-state index in [2.05, 4.69) is 95.0 Å². The number of benzene rings is 4. The molecule has 0 radical (unpaired) electrons. The minimum Gasteiger partial charge on any atom is -0.506 e. The van der Waals surface area contributed by atoms with Gasteiger partial charge in [0.05, 0.1) is 30.7 Å². The predicted octanol–water partition coefficient (Wildman–Crippen LogP) is 8.93. The summed E-state index contributed by atoms with van der Waals surface area (Å²) in [4.78, 5) is 11.7. The highest BCUT2D eigenvalue weighted by Gasteiger charge is 2.23. The van der Waals surface area contributed by atoms with E-state index in [1.54, 1.807) is 35.8 Å². The fourth-order valence-corrected chi connectivity index (χ4v) is 10.5. The van der Waals surface area contributed by atoms with E-state index < -0.39 is 6.10 Å². The van der Waals surface area contributed by atoms with Gasteiger partial charge in [0, 0.05) is 84.6 Å². The molecule has 6 aromatic rings. The SMILES string of the molecule is COc1ccccc1N1CCN(CCC(O)c2sc3ccc(C)cc3c2C)CC1.Cc1c(C(O)CCN2CCN(c3ccccc3O)CC2)sc2ccccc12. The summed E-state index contributed by atoms with van der Waals surface area (Å²) in [6.07, 6.45) is 0.740. The van der Waals surface area contributed by atoms with Crippen molar-refractivity contribution in [1.82, 2.24) is 9.80 Å². The number of hydrogen-bond acceptors (Lipinski definition) is 10. The third-order valence-corrected chi connectivity index (χ3v) is 14.2. The molecule has 0 amide bonds. The number of nitrogens with zero attached hydrogens (tertiary/aromatic N) is 4. The number of fused-ring (bicyclic) bond motifs is 2. The highest BCUT2D eigenvalue weighted by Crippen LogP contribution is 2.38. The summed E-state index contributed by atoms with van der Waals surface area (Å²) in [5.74, 6) is 1.29. The molecular formula is C46H56N4O4S2. The van der Waals surface area contributed by atoms with Crippen LogP contribution < -0.4 is 14.5 Å². The second-order valence-corrected chi connectivity index (χ2v) is 17.3. The molecule has 2 fully saturated rings. The molecule has 2 aromatic heterocycles. The Kier molecular flexibility index (Phi) is 13.2. The van der Waals surface area contributed by atoms with Crippen molar-refractivity contribution in [2.45, 2.75) is 45.8 Å². The van der Waals surface area contributed by atoms with Crippen LogP contribution in [0.1, 0.15) is 51.5 Å². The lowest BCUT2D eigenvalue weighted by molar-refractivity contribution is 0.141. The van der Waals surface area contributed by atoms with Gasteiger partial charge in [-0.05, 0) is 91.9 Å². The number of aliphatic hydroxyl groups is 2. The molecule has 8 rings (SSSR count). The maximum absolute atomic E-state index is 10.9. The normalized spacial score (nSPS) is 16.5. The number of aryl methyl sites for hydroxylation is 3. The second kappa shape index (κ2) is 18.4. The van der Waals surface area contributed by atoms with Gasteiger partial charge in [0.1, 0.15) is 11.5 Å². The molecule has 2 aliphatic heterocycles. The van der Waals surface area contributed by atoms with Gasteiger partial charge in [-0.1, -0.05) is 60.2 Å². The zero-order valence-electron chi connectivity index (χ0n) is 33.2. The summed E-state index contributed by atoms with van der Waals surface area (Å²) in [5, 5.41) is 34.2. The maximum Gasteiger partial charge on any atom is 0.142 e. The van der Waals surface area contributed by atoms with Crippen LogP contribution in [0.5, 0.6) is 11.5 Å². The first-order valence-corrected chi connectivity index (χ1v) is 21.5. The second-order valence-electron chi connectivity index (χ2n) is 15.1. The molecule has 296 valence electrons. The van der Waals surface area contributed by atoms with Crippen LogP contribution in [0.3, 0.4) is 0 Å². The predicted molar refractivity (Wildman–Crippen MR) is 235 cm³/mol. The van der Waals surface area contributed by atoms with E-state index in [-0.39, 0.29) is 6.10 Å². The number of methoxy groups -OCH3 is 1. The molecule has 2 saturated heterocycles. The number of para-hydroxylation sites is 4. The highest BCUT2D eigenvalue weighted by molar-refractivity contribution is 7.19. The smallest absolute Gasteiger partial charge is 0.142 e. The van der Waals surface area contributed by atoms with Crippen molar-refractivity contribution in [3.05, 3.63) is 117 Å². The van der Waals surface area contributed by atoms with Gasteiger partial charge >= 0.3 is 0 Å². The number of ether oxygens (including phenoxy) is 1. The van der Waals surface area contributed by atoms with E-state index in [4.69, 9.17) is 4.74 Å². The van der Waals surface area contributed by atoms with E-state index in [9.17, 15) is 15.3 Å². The van der Waals surface area contributed by atoms with E-state index in [1.807, 2.05) is 30.3 Å². The molecule has 0 bridgehead atoms. The van der Waals surface area contributed by atoms with Crippen molar-refractivity contribution >= 4 is 54.2 Å². The molecule has 3 N–H and O–H groups in total. The number of anilines is 2. The number of aliphatic hydroxyl groups excluding tert-OH is 2. The van der Waals surface area contributed by atoms with Crippen molar-refractivity contribution in [3.8, 4) is 11.5 Å². The molecule has 4 heterocycles. The maximum atomic E-state index is 10.9. The lowest BCUT2D eigenvalue weighted by Gasteiger charge is -2.36. The number of aromatic hydroxyl groups is 1. The first-order valence-electron chi connectivity index (χ1n) is 19.9. The van der Waals surface area contributed by atoms with Crippen LogP contribution in [0, 0.1) is 20.8 Å². The monoisotopic (exact) mass is 792 g/mol. The quantitative estimate of drug-likeness (QED) is 0.120. The van der Waals surface area contributed by atoms with Crippen LogP contribution in [0.25, 0.3) is 20.2 Å². The zero-order valence-corrected chi connectivity index (χ0v) is 34.8. The summed E-state index contributed by atoms with van der Waals surface area (Å²) in [6.45, 7) is 15.9. The summed E-state index contributed by atoms with van der Waals surface area (Å²) >= 11 is 3.45. The Morgan fingerprint density at radius 3 is 1.68 bits per heavy atom. The summed E-state index contributed by atoms with van der Waals surface area (Å²) in [5.41, 5.74) is 5.81. The number of rotatable bonds is 11. The third-order valence-electron chi connectivity index (χ3n) is 11.4. The average Bonchev–Trinajstić information content (AvgIpc) is 3.75. The molecular weight excluding hydrogens is 737 g/mol. The fraction of sp³-hybridized carbons (Fsp3) is 0.391. The largest absolute Gasteiger partial charge is 0.506 e. The van der Waals surface area contributed by atoms with Gasteiger partial charge in [-0.2, -0.15) is 0 Å². The minimum atomic E-state index is -0.404. The Labute approximate surface area is 339 Å². The number of piperazine rings is 2. The summed E-state index contributed by atoms with van der Waals surface area (Å²) in [7, 11) is 1.73. The van der Waals surface area contributed by atoms with Crippen molar-refractivity contribution < 1.29 is 20.1 Å². The Balaban J connectivity index is 0.000000172. The molecule has 2 unspecified atom stereocenters. The van der Waals surface area contributed by atoms with Crippen LogP contribution in [0.2, 0.25) is 0 Å². The molecule has 8 nitrogen and oxygen atoms in total. The lowest BCUT2D eigenvalue weighted by atomic mass is 10.1. The van der Waals surface area contributed by atoms with Crippen LogP contribution in [0.4, 0.5) is 11.4 Å². The van der Waals surface area contributed by atoms with E-state index >= 15 is 0 Å². The lowest BCUT2D eigenvalue weighted by Crippen LogP contribution is -2.46. The molecule has 0 aliphatic carbocycles. The number of phenolic OH excluding ortho intramolecular Hbond substituents is 1. The van der Waals surface area contributed by atoms with Gasteiger partial charge < -0.3 is 29.9 Å². The van der Waals surface area contributed by atoms with Gasteiger partial charge in [0.15, 0.2) is 0 Å². The molecule has 0 saturated carbocycles. The van der Waals surface area contributed by atoms with Crippen molar-refractivity contribution in [2.75, 3.05) is 82.4 Å². The van der Waals surface area contributed by atoms with Gasteiger partial charge in [0.2, 0.25) is 0 Å². The minimum absolute atomic E-state index is 0.349. The zero-order chi connectivity index (χ0) is 39.2. The van der Waals surface area contributed by atoms with E-state index in [0.717, 1.165) is 99.5 Å². The van der Waals surface area contributed by atoms with Crippen molar-refractivity contribution in [2.24, 2.45) is 0 Å². The molecule has 56 heavy (non-hydrogen) atoms. The first-order chi connectivity index (χ1) is 27.2. The highest BCUT2D eigenvalue weighted by atomic mass is 32.1.